The van der Waals surface area contributed by atoms with Crippen LogP contribution in [-0.2, 0) is 12.7 Å². The number of urea groups is 1. The molecule has 2 aliphatic heterocycles. The number of carbonyl (C=O) groups is 1. The van der Waals surface area contributed by atoms with Gasteiger partial charge in [-0.1, -0.05) is 48.4 Å². The topological polar surface area (TPSA) is 44.4 Å². The molecule has 166 valence electrons. The smallest absolute Gasteiger partial charge is 0.335 e. The zero-order chi connectivity index (χ0) is 22.0. The van der Waals surface area contributed by atoms with E-state index in [1.54, 1.807) is 0 Å². The molecule has 2 aliphatic rings. The number of rotatable bonds is 4. The number of nitrogens with one attached hydrogen (secondary N) is 2. The van der Waals surface area contributed by atoms with Crippen LogP contribution in [0.1, 0.15) is 43.2 Å². The van der Waals surface area contributed by atoms with E-state index in [0.717, 1.165) is 44.4 Å². The van der Waals surface area contributed by atoms with Crippen LogP contribution in [-0.4, -0.2) is 29.1 Å². The van der Waals surface area contributed by atoms with Crippen LogP contribution in [0.25, 0.3) is 0 Å². The quantitative estimate of drug-likeness (QED) is 0.593. The number of anilines is 1. The van der Waals surface area contributed by atoms with Crippen molar-refractivity contribution >= 4 is 23.3 Å². The number of hydrogen-bond donors (Lipinski definition) is 2. The molecule has 4 nitrogen and oxygen atoms in total. The zero-order valence-electron chi connectivity index (χ0n) is 17.0. The lowest BCUT2D eigenvalue weighted by Gasteiger charge is -2.49. The van der Waals surface area contributed by atoms with Gasteiger partial charge in [-0.3, -0.25) is 4.90 Å². The van der Waals surface area contributed by atoms with Gasteiger partial charge in [-0.25, -0.2) is 4.79 Å². The van der Waals surface area contributed by atoms with Gasteiger partial charge < -0.3 is 10.6 Å². The van der Waals surface area contributed by atoms with Gasteiger partial charge in [0.15, 0.2) is 0 Å². The van der Waals surface area contributed by atoms with E-state index in [0.29, 0.717) is 12.1 Å². The Morgan fingerprint density at radius 2 is 1.74 bits per heavy atom. The molecule has 2 heterocycles. The summed E-state index contributed by atoms with van der Waals surface area (Å²) in [5, 5.41) is 5.09. The Hall–Kier alpha value is -2.25. The molecule has 2 N–H and O–H groups in total. The molecule has 0 unspecified atom stereocenters. The number of hydrogen-bond acceptors (Lipinski definition) is 2. The molecule has 2 amide bonds. The van der Waals surface area contributed by atoms with Crippen LogP contribution < -0.4 is 10.6 Å². The molecule has 8 heteroatoms. The van der Waals surface area contributed by atoms with Crippen LogP contribution in [0.2, 0.25) is 5.02 Å². The summed E-state index contributed by atoms with van der Waals surface area (Å²) >= 11 is 5.65. The van der Waals surface area contributed by atoms with Gasteiger partial charge in [0.25, 0.3) is 0 Å². The van der Waals surface area contributed by atoms with Gasteiger partial charge in [-0.15, -0.1) is 0 Å². The second-order valence-electron chi connectivity index (χ2n) is 8.36. The third kappa shape index (κ3) is 5.33. The molecule has 2 saturated heterocycles. The third-order valence-electron chi connectivity index (χ3n) is 6.20. The number of fused-ring (bicyclic) bond motifs is 2. The van der Waals surface area contributed by atoms with Crippen LogP contribution in [0.15, 0.2) is 48.5 Å². The molecule has 0 saturated carbocycles. The summed E-state index contributed by atoms with van der Waals surface area (Å²) in [7, 11) is 0. The number of halogens is 4. The van der Waals surface area contributed by atoms with Crippen LogP contribution in [0.4, 0.5) is 23.7 Å². The van der Waals surface area contributed by atoms with E-state index >= 15 is 0 Å². The minimum Gasteiger partial charge on any atom is -0.335 e. The Bertz CT molecular complexity index is 908. The van der Waals surface area contributed by atoms with Crippen molar-refractivity contribution < 1.29 is 18.0 Å². The Morgan fingerprint density at radius 3 is 2.39 bits per heavy atom. The first-order valence-electron chi connectivity index (χ1n) is 10.5. The van der Waals surface area contributed by atoms with Crippen molar-refractivity contribution in [2.45, 2.75) is 63.0 Å². The second kappa shape index (κ2) is 9.09. The van der Waals surface area contributed by atoms with Crippen molar-refractivity contribution in [1.82, 2.24) is 10.2 Å². The molecular formula is C23H25ClF3N3O. The monoisotopic (exact) mass is 451 g/mol. The largest absolute Gasteiger partial charge is 0.417 e. The molecule has 2 atom stereocenters. The number of nitrogens with zero attached hydrogens (tertiary/aromatic N) is 1. The van der Waals surface area contributed by atoms with Gasteiger partial charge in [-0.05, 0) is 49.4 Å². The van der Waals surface area contributed by atoms with E-state index in [1.807, 2.05) is 18.2 Å². The van der Waals surface area contributed by atoms with E-state index in [2.05, 4.69) is 27.7 Å². The van der Waals surface area contributed by atoms with E-state index < -0.39 is 22.8 Å². The first kappa shape index (κ1) is 22.0. The number of piperidine rings is 2. The van der Waals surface area contributed by atoms with Crippen molar-refractivity contribution in [2.24, 2.45) is 0 Å². The molecule has 0 aliphatic carbocycles. The highest BCUT2D eigenvalue weighted by molar-refractivity contribution is 6.31. The Labute approximate surface area is 184 Å². The van der Waals surface area contributed by atoms with Crippen LogP contribution in [0.3, 0.4) is 0 Å². The highest BCUT2D eigenvalue weighted by Crippen LogP contribution is 2.37. The molecule has 0 aromatic heterocycles. The van der Waals surface area contributed by atoms with Crippen LogP contribution >= 0.6 is 11.6 Å². The van der Waals surface area contributed by atoms with Crippen molar-refractivity contribution in [1.29, 1.82) is 0 Å². The lowest BCUT2D eigenvalue weighted by Crippen LogP contribution is -2.56. The zero-order valence-corrected chi connectivity index (χ0v) is 17.7. The standard InChI is InChI=1S/C23H25ClF3N3O/c24-21-10-9-16(13-20(21)23(25,26)27)28-22(31)29-17-11-18-7-4-8-19(12-17)30(18)14-15-5-2-1-3-6-15/h1-3,5-6,9-10,13,17-19H,4,7-8,11-12,14H2,(H2,28,29,31)/t18-,19-/m0/s1. The Kier molecular flexibility index (Phi) is 6.44. The highest BCUT2D eigenvalue weighted by Gasteiger charge is 2.38. The van der Waals surface area contributed by atoms with Gasteiger partial charge in [0.1, 0.15) is 0 Å². The third-order valence-corrected chi connectivity index (χ3v) is 6.53. The van der Waals surface area contributed by atoms with E-state index in [1.165, 1.54) is 18.1 Å². The summed E-state index contributed by atoms with van der Waals surface area (Å²) in [5.74, 6) is 0. The summed E-state index contributed by atoms with van der Waals surface area (Å²) in [6.07, 6.45) is 0.472. The molecule has 2 bridgehead atoms. The lowest BCUT2D eigenvalue weighted by atomic mass is 9.81. The minimum absolute atomic E-state index is 0.00305. The van der Waals surface area contributed by atoms with Crippen LogP contribution in [0, 0.1) is 0 Å². The highest BCUT2D eigenvalue weighted by atomic mass is 35.5. The molecule has 2 aromatic rings. The van der Waals surface area contributed by atoms with Crippen molar-refractivity contribution in [2.75, 3.05) is 5.32 Å². The first-order chi connectivity index (χ1) is 14.8. The summed E-state index contributed by atoms with van der Waals surface area (Å²) in [6, 6.07) is 14.0. The predicted molar refractivity (Wildman–Crippen MR) is 115 cm³/mol. The summed E-state index contributed by atoms with van der Waals surface area (Å²) in [6.45, 7) is 0.903. The second-order valence-corrected chi connectivity index (χ2v) is 8.76. The molecular weight excluding hydrogens is 427 g/mol. The summed E-state index contributed by atoms with van der Waals surface area (Å²) in [4.78, 5) is 15.0. The predicted octanol–water partition coefficient (Wildman–Crippen LogP) is 6.07. The van der Waals surface area contributed by atoms with E-state index in [4.69, 9.17) is 11.6 Å². The van der Waals surface area contributed by atoms with Gasteiger partial charge in [-0.2, -0.15) is 13.2 Å². The number of amides is 2. The fourth-order valence-electron chi connectivity index (χ4n) is 4.82. The average molecular weight is 452 g/mol. The number of alkyl halides is 3. The van der Waals surface area contributed by atoms with Crippen molar-refractivity contribution in [3.05, 3.63) is 64.7 Å². The molecule has 2 fully saturated rings. The maximum Gasteiger partial charge on any atom is 0.417 e. The normalized spacial score (nSPS) is 23.9. The lowest BCUT2D eigenvalue weighted by molar-refractivity contribution is -0.137. The fourth-order valence-corrected chi connectivity index (χ4v) is 5.05. The molecule has 0 radical (unpaired) electrons. The van der Waals surface area contributed by atoms with Crippen molar-refractivity contribution in [3.63, 3.8) is 0 Å². The van der Waals surface area contributed by atoms with E-state index in [9.17, 15) is 18.0 Å². The summed E-state index contributed by atoms with van der Waals surface area (Å²) in [5.41, 5.74) is 0.387. The maximum atomic E-state index is 13.0. The van der Waals surface area contributed by atoms with Crippen molar-refractivity contribution in [3.8, 4) is 0 Å². The summed E-state index contributed by atoms with van der Waals surface area (Å²) < 4.78 is 39.1. The average Bonchev–Trinajstić information content (AvgIpc) is 2.70. The fraction of sp³-hybridized carbons (Fsp3) is 0.435. The molecule has 0 spiro atoms. The first-order valence-corrected chi connectivity index (χ1v) is 10.9. The molecule has 31 heavy (non-hydrogen) atoms. The SMILES string of the molecule is O=C(Nc1ccc(Cl)c(C(F)(F)F)c1)NC1C[C@@H]2CCC[C@@H](C1)N2Cc1ccccc1. The Balaban J connectivity index is 1.37. The molecule has 4 rings (SSSR count). The van der Waals surface area contributed by atoms with Gasteiger partial charge in [0.05, 0.1) is 10.6 Å². The van der Waals surface area contributed by atoms with E-state index in [-0.39, 0.29) is 11.7 Å². The van der Waals surface area contributed by atoms with Gasteiger partial charge in [0, 0.05) is 30.4 Å². The van der Waals surface area contributed by atoms with Gasteiger partial charge in [0.2, 0.25) is 0 Å². The maximum absolute atomic E-state index is 13.0. The van der Waals surface area contributed by atoms with Crippen LogP contribution in [0.5, 0.6) is 0 Å². The Morgan fingerprint density at radius 1 is 1.06 bits per heavy atom. The van der Waals surface area contributed by atoms with Gasteiger partial charge >= 0.3 is 12.2 Å². The number of carbonyl (C=O) groups excluding carboxylic acids is 1. The molecule has 2 aromatic carbocycles. The number of benzene rings is 2. The minimum atomic E-state index is -4.58.